The van der Waals surface area contributed by atoms with Crippen LogP contribution in [-0.4, -0.2) is 63.7 Å². The Morgan fingerprint density at radius 3 is 2.67 bits per heavy atom. The molecule has 7 heteroatoms. The summed E-state index contributed by atoms with van der Waals surface area (Å²) in [5.74, 6) is 0.694. The number of carbonyl (C=O) groups is 1. The van der Waals surface area contributed by atoms with E-state index in [1.165, 1.54) is 19.3 Å². The summed E-state index contributed by atoms with van der Waals surface area (Å²) >= 11 is 0. The standard InChI is InChI=1S/C20H27N5O2/c26-19(17-4-5-18(22-14-17)24-9-8-21-16-24)23-15-20(6-2-1-3-7-20)25-10-12-27-13-11-25/h4-5,8-9,14,16H,1-3,6-7,10-13,15H2,(H,23,26). The maximum atomic E-state index is 12.7. The van der Waals surface area contributed by atoms with Crippen molar-refractivity contribution in [3.8, 4) is 5.82 Å². The molecule has 1 N–H and O–H groups in total. The largest absolute Gasteiger partial charge is 0.379 e. The van der Waals surface area contributed by atoms with E-state index >= 15 is 0 Å². The third kappa shape index (κ3) is 4.04. The van der Waals surface area contributed by atoms with Crippen molar-refractivity contribution >= 4 is 5.91 Å². The molecule has 1 aliphatic carbocycles. The Kier molecular flexibility index (Phi) is 5.50. The minimum atomic E-state index is -0.0575. The zero-order valence-corrected chi connectivity index (χ0v) is 15.6. The number of imidazole rings is 1. The van der Waals surface area contributed by atoms with Crippen LogP contribution in [0.2, 0.25) is 0 Å². The molecule has 144 valence electrons. The van der Waals surface area contributed by atoms with Gasteiger partial charge in [-0.1, -0.05) is 19.3 Å². The topological polar surface area (TPSA) is 72.3 Å². The molecule has 0 radical (unpaired) electrons. The number of hydrogen-bond acceptors (Lipinski definition) is 5. The normalized spacial score (nSPS) is 20.3. The van der Waals surface area contributed by atoms with Crippen LogP contribution in [0, 0.1) is 0 Å². The SMILES string of the molecule is O=C(NCC1(N2CCOCC2)CCCCC1)c1ccc(-n2ccnc2)nc1. The molecule has 0 atom stereocenters. The second-order valence-electron chi connectivity index (χ2n) is 7.44. The Morgan fingerprint density at radius 1 is 1.19 bits per heavy atom. The van der Waals surface area contributed by atoms with Crippen molar-refractivity contribution < 1.29 is 9.53 Å². The van der Waals surface area contributed by atoms with Crippen LogP contribution in [0.1, 0.15) is 42.5 Å². The van der Waals surface area contributed by atoms with Gasteiger partial charge in [0.25, 0.3) is 5.91 Å². The van der Waals surface area contributed by atoms with Crippen molar-refractivity contribution in [2.45, 2.75) is 37.6 Å². The van der Waals surface area contributed by atoms with Crippen molar-refractivity contribution in [2.75, 3.05) is 32.8 Å². The number of hydrogen-bond donors (Lipinski definition) is 1. The maximum Gasteiger partial charge on any atom is 0.252 e. The Hall–Kier alpha value is -2.25. The van der Waals surface area contributed by atoms with E-state index in [9.17, 15) is 4.79 Å². The molecule has 7 nitrogen and oxygen atoms in total. The lowest BCUT2D eigenvalue weighted by molar-refractivity contribution is -0.0361. The van der Waals surface area contributed by atoms with Crippen LogP contribution in [0.5, 0.6) is 0 Å². The Labute approximate surface area is 159 Å². The quantitative estimate of drug-likeness (QED) is 0.873. The smallest absolute Gasteiger partial charge is 0.252 e. The van der Waals surface area contributed by atoms with Crippen molar-refractivity contribution in [3.63, 3.8) is 0 Å². The summed E-state index contributed by atoms with van der Waals surface area (Å²) in [5, 5.41) is 3.18. The maximum absolute atomic E-state index is 12.7. The van der Waals surface area contributed by atoms with Crippen LogP contribution in [0.25, 0.3) is 5.82 Å². The van der Waals surface area contributed by atoms with Crippen LogP contribution in [0.15, 0.2) is 37.1 Å². The number of pyridine rings is 1. The summed E-state index contributed by atoms with van der Waals surface area (Å²) in [7, 11) is 0. The fourth-order valence-electron chi connectivity index (χ4n) is 4.27. The first kappa shape index (κ1) is 18.1. The summed E-state index contributed by atoms with van der Waals surface area (Å²) in [6, 6.07) is 3.66. The molecule has 2 fully saturated rings. The van der Waals surface area contributed by atoms with Crippen LogP contribution in [-0.2, 0) is 4.74 Å². The minimum absolute atomic E-state index is 0.0575. The third-order valence-corrected chi connectivity index (χ3v) is 5.82. The molecule has 2 aliphatic rings. The van der Waals surface area contributed by atoms with E-state index < -0.39 is 0 Å². The summed E-state index contributed by atoms with van der Waals surface area (Å²) < 4.78 is 7.35. The Bertz CT molecular complexity index is 732. The van der Waals surface area contributed by atoms with Gasteiger partial charge >= 0.3 is 0 Å². The molecule has 0 aromatic carbocycles. The number of carbonyl (C=O) groups excluding carboxylic acids is 1. The van der Waals surface area contributed by atoms with Gasteiger partial charge in [0.15, 0.2) is 0 Å². The first-order valence-corrected chi connectivity index (χ1v) is 9.82. The Morgan fingerprint density at radius 2 is 2.00 bits per heavy atom. The molecule has 0 unspecified atom stereocenters. The predicted octanol–water partition coefficient (Wildman–Crippen LogP) is 2.03. The molecule has 4 rings (SSSR count). The third-order valence-electron chi connectivity index (χ3n) is 5.82. The summed E-state index contributed by atoms with van der Waals surface area (Å²) in [6.07, 6.45) is 12.9. The fourth-order valence-corrected chi connectivity index (χ4v) is 4.27. The number of nitrogens with one attached hydrogen (secondary N) is 1. The van der Waals surface area contributed by atoms with Gasteiger partial charge in [-0.25, -0.2) is 9.97 Å². The molecular formula is C20H27N5O2. The molecule has 0 spiro atoms. The second kappa shape index (κ2) is 8.19. The lowest BCUT2D eigenvalue weighted by atomic mass is 9.79. The van der Waals surface area contributed by atoms with E-state index in [0.29, 0.717) is 12.1 Å². The van der Waals surface area contributed by atoms with E-state index in [0.717, 1.165) is 45.0 Å². The van der Waals surface area contributed by atoms with Crippen molar-refractivity contribution in [1.82, 2.24) is 24.8 Å². The number of nitrogens with zero attached hydrogens (tertiary/aromatic N) is 4. The summed E-state index contributed by atoms with van der Waals surface area (Å²) in [4.78, 5) is 23.6. The van der Waals surface area contributed by atoms with E-state index in [1.807, 2.05) is 22.9 Å². The van der Waals surface area contributed by atoms with E-state index in [2.05, 4.69) is 20.2 Å². The number of ether oxygens (including phenoxy) is 1. The summed E-state index contributed by atoms with van der Waals surface area (Å²) in [6.45, 7) is 4.17. The number of amides is 1. The lowest BCUT2D eigenvalue weighted by Gasteiger charge is -2.48. The van der Waals surface area contributed by atoms with Crippen molar-refractivity contribution in [2.24, 2.45) is 0 Å². The number of aromatic nitrogens is 3. The molecular weight excluding hydrogens is 342 g/mol. The van der Waals surface area contributed by atoms with Gasteiger partial charge in [0, 0.05) is 43.8 Å². The Balaban J connectivity index is 1.41. The minimum Gasteiger partial charge on any atom is -0.379 e. The monoisotopic (exact) mass is 369 g/mol. The molecule has 2 aromatic rings. The highest BCUT2D eigenvalue weighted by atomic mass is 16.5. The van der Waals surface area contributed by atoms with Crippen LogP contribution in [0.3, 0.4) is 0 Å². The molecule has 2 aromatic heterocycles. The van der Waals surface area contributed by atoms with Crippen LogP contribution < -0.4 is 5.32 Å². The van der Waals surface area contributed by atoms with Crippen LogP contribution >= 0.6 is 0 Å². The van der Waals surface area contributed by atoms with Gasteiger partial charge in [-0.05, 0) is 25.0 Å². The van der Waals surface area contributed by atoms with Gasteiger partial charge < -0.3 is 10.1 Å². The van der Waals surface area contributed by atoms with Gasteiger partial charge in [0.1, 0.15) is 12.1 Å². The summed E-state index contributed by atoms with van der Waals surface area (Å²) in [5.41, 5.74) is 0.661. The first-order chi connectivity index (χ1) is 13.3. The fraction of sp³-hybridized carbons (Fsp3) is 0.550. The molecule has 1 saturated carbocycles. The van der Waals surface area contributed by atoms with E-state index in [4.69, 9.17) is 4.74 Å². The molecule has 3 heterocycles. The second-order valence-corrected chi connectivity index (χ2v) is 7.44. The molecule has 1 aliphatic heterocycles. The first-order valence-electron chi connectivity index (χ1n) is 9.82. The van der Waals surface area contributed by atoms with Crippen molar-refractivity contribution in [1.29, 1.82) is 0 Å². The number of morpholine rings is 1. The van der Waals surface area contributed by atoms with Crippen molar-refractivity contribution in [3.05, 3.63) is 42.6 Å². The highest BCUT2D eigenvalue weighted by molar-refractivity contribution is 5.94. The average Bonchev–Trinajstić information content (AvgIpc) is 3.28. The van der Waals surface area contributed by atoms with Gasteiger partial charge in [-0.2, -0.15) is 0 Å². The highest BCUT2D eigenvalue weighted by Crippen LogP contribution is 2.33. The van der Waals surface area contributed by atoms with E-state index in [-0.39, 0.29) is 11.4 Å². The lowest BCUT2D eigenvalue weighted by Crippen LogP contribution is -2.59. The zero-order valence-electron chi connectivity index (χ0n) is 15.6. The van der Waals surface area contributed by atoms with E-state index in [1.54, 1.807) is 18.7 Å². The molecule has 27 heavy (non-hydrogen) atoms. The average molecular weight is 369 g/mol. The highest BCUT2D eigenvalue weighted by Gasteiger charge is 2.38. The van der Waals surface area contributed by atoms with Gasteiger partial charge in [0.05, 0.1) is 18.8 Å². The number of rotatable bonds is 5. The zero-order chi connectivity index (χ0) is 18.5. The molecule has 1 amide bonds. The van der Waals surface area contributed by atoms with Gasteiger partial charge in [-0.3, -0.25) is 14.3 Å². The van der Waals surface area contributed by atoms with Gasteiger partial charge in [-0.15, -0.1) is 0 Å². The van der Waals surface area contributed by atoms with Crippen LogP contribution in [0.4, 0.5) is 0 Å². The predicted molar refractivity (Wildman–Crippen MR) is 102 cm³/mol. The molecule has 0 bridgehead atoms. The molecule has 1 saturated heterocycles. The van der Waals surface area contributed by atoms with Gasteiger partial charge in [0.2, 0.25) is 0 Å².